The quantitative estimate of drug-likeness (QED) is 0.695. The number of amides is 1. The van der Waals surface area contributed by atoms with E-state index in [9.17, 15) is 4.79 Å². The highest BCUT2D eigenvalue weighted by Gasteiger charge is 2.12. The molecule has 1 aromatic heterocycles. The number of carbonyl (C=O) groups excluding carboxylic acids is 1. The Bertz CT molecular complexity index is 858. The van der Waals surface area contributed by atoms with Crippen LogP contribution in [0, 0.1) is 0 Å². The number of carbonyl (C=O) groups is 1. The van der Waals surface area contributed by atoms with Gasteiger partial charge in [-0.25, -0.2) is 4.98 Å². The predicted molar refractivity (Wildman–Crippen MR) is 99.8 cm³/mol. The molecule has 5 heteroatoms. The third-order valence-corrected chi connectivity index (χ3v) is 4.15. The summed E-state index contributed by atoms with van der Waals surface area (Å²) in [4.78, 5) is 16.4. The molecule has 2 aromatic carbocycles. The average molecular weight is 350 g/mol. The molecule has 0 unspecified atom stereocenters. The van der Waals surface area contributed by atoms with E-state index in [1.165, 1.54) is 0 Å². The van der Waals surface area contributed by atoms with E-state index >= 15 is 0 Å². The molecule has 3 rings (SSSR count). The van der Waals surface area contributed by atoms with Crippen LogP contribution in [0.25, 0.3) is 11.3 Å². The summed E-state index contributed by atoms with van der Waals surface area (Å²) >= 11 is 0. The highest BCUT2D eigenvalue weighted by molar-refractivity contribution is 5.76. The third-order valence-electron chi connectivity index (χ3n) is 4.15. The summed E-state index contributed by atoms with van der Waals surface area (Å²) in [6.07, 6.45) is 2.46. The lowest BCUT2D eigenvalue weighted by Crippen LogP contribution is -2.26. The SMILES string of the molecule is COc1cccc(-c2cnc(CCC(=O)N[C@H](C)c3ccccc3)o2)c1. The fourth-order valence-corrected chi connectivity index (χ4v) is 2.69. The maximum Gasteiger partial charge on any atom is 0.220 e. The number of oxazole rings is 1. The van der Waals surface area contributed by atoms with Crippen LogP contribution in [0.3, 0.4) is 0 Å². The van der Waals surface area contributed by atoms with Crippen LogP contribution in [0.15, 0.2) is 65.2 Å². The molecule has 1 amide bonds. The summed E-state index contributed by atoms with van der Waals surface area (Å²) in [5.41, 5.74) is 1.97. The number of benzene rings is 2. The Balaban J connectivity index is 1.55. The maximum absolute atomic E-state index is 12.2. The standard InChI is InChI=1S/C21H22N2O3/c1-15(16-7-4-3-5-8-16)23-20(24)11-12-21-22-14-19(26-21)17-9-6-10-18(13-17)25-2/h3-10,13-15H,11-12H2,1-2H3,(H,23,24)/t15-/m1/s1. The summed E-state index contributed by atoms with van der Waals surface area (Å²) in [5.74, 6) is 1.94. The van der Waals surface area contributed by atoms with E-state index in [2.05, 4.69) is 10.3 Å². The first-order valence-electron chi connectivity index (χ1n) is 8.59. The molecule has 1 heterocycles. The molecule has 0 fully saturated rings. The lowest BCUT2D eigenvalue weighted by molar-refractivity contribution is -0.121. The molecule has 134 valence electrons. The third kappa shape index (κ3) is 4.51. The number of methoxy groups -OCH3 is 1. The van der Waals surface area contributed by atoms with Gasteiger partial charge in [-0.05, 0) is 24.6 Å². The fraction of sp³-hybridized carbons (Fsp3) is 0.238. The number of hydrogen-bond donors (Lipinski definition) is 1. The molecule has 0 aliphatic carbocycles. The first-order chi connectivity index (χ1) is 12.7. The zero-order chi connectivity index (χ0) is 18.4. The fourth-order valence-electron chi connectivity index (χ4n) is 2.69. The van der Waals surface area contributed by atoms with Crippen LogP contribution in [0.5, 0.6) is 5.75 Å². The van der Waals surface area contributed by atoms with Gasteiger partial charge >= 0.3 is 0 Å². The summed E-state index contributed by atoms with van der Waals surface area (Å²) in [7, 11) is 1.62. The molecule has 0 radical (unpaired) electrons. The van der Waals surface area contributed by atoms with Crippen molar-refractivity contribution in [3.63, 3.8) is 0 Å². The largest absolute Gasteiger partial charge is 0.497 e. The molecular weight excluding hydrogens is 328 g/mol. The van der Waals surface area contributed by atoms with Gasteiger partial charge in [0.25, 0.3) is 0 Å². The van der Waals surface area contributed by atoms with Crippen LogP contribution < -0.4 is 10.1 Å². The summed E-state index contributed by atoms with van der Waals surface area (Å²) in [6, 6.07) is 17.4. The van der Waals surface area contributed by atoms with E-state index in [0.29, 0.717) is 24.5 Å². The van der Waals surface area contributed by atoms with Crippen molar-refractivity contribution >= 4 is 5.91 Å². The Morgan fingerprint density at radius 1 is 1.19 bits per heavy atom. The van der Waals surface area contributed by atoms with Gasteiger partial charge in [0.15, 0.2) is 11.7 Å². The van der Waals surface area contributed by atoms with Crippen molar-refractivity contribution in [3.05, 3.63) is 72.2 Å². The highest BCUT2D eigenvalue weighted by atomic mass is 16.5. The van der Waals surface area contributed by atoms with E-state index in [4.69, 9.17) is 9.15 Å². The van der Waals surface area contributed by atoms with Crippen LogP contribution in [0.2, 0.25) is 0 Å². The van der Waals surface area contributed by atoms with E-state index < -0.39 is 0 Å². The van der Waals surface area contributed by atoms with Crippen LogP contribution >= 0.6 is 0 Å². The van der Waals surface area contributed by atoms with Crippen molar-refractivity contribution in [2.45, 2.75) is 25.8 Å². The second kappa shape index (κ2) is 8.34. The second-order valence-corrected chi connectivity index (χ2v) is 6.05. The zero-order valence-electron chi connectivity index (χ0n) is 14.9. The minimum Gasteiger partial charge on any atom is -0.497 e. The number of aromatic nitrogens is 1. The van der Waals surface area contributed by atoms with Gasteiger partial charge in [-0.3, -0.25) is 4.79 Å². The predicted octanol–water partition coefficient (Wildman–Crippen LogP) is 4.16. The molecule has 0 saturated carbocycles. The zero-order valence-corrected chi connectivity index (χ0v) is 14.9. The molecule has 5 nitrogen and oxygen atoms in total. The Hall–Kier alpha value is -3.08. The van der Waals surface area contributed by atoms with Gasteiger partial charge in [-0.15, -0.1) is 0 Å². The van der Waals surface area contributed by atoms with Crippen molar-refractivity contribution in [2.24, 2.45) is 0 Å². The first-order valence-corrected chi connectivity index (χ1v) is 8.59. The molecule has 1 atom stereocenters. The lowest BCUT2D eigenvalue weighted by atomic mass is 10.1. The molecule has 0 saturated heterocycles. The summed E-state index contributed by atoms with van der Waals surface area (Å²) < 4.78 is 11.0. The molecular formula is C21H22N2O3. The van der Waals surface area contributed by atoms with Crippen LogP contribution in [-0.2, 0) is 11.2 Å². The van der Waals surface area contributed by atoms with Gasteiger partial charge in [0.2, 0.25) is 5.91 Å². The number of aryl methyl sites for hydroxylation is 1. The molecule has 1 N–H and O–H groups in total. The Morgan fingerprint density at radius 3 is 2.77 bits per heavy atom. The summed E-state index contributed by atoms with van der Waals surface area (Å²) in [6.45, 7) is 1.97. The second-order valence-electron chi connectivity index (χ2n) is 6.05. The Kier molecular flexibility index (Phi) is 5.69. The Morgan fingerprint density at radius 2 is 2.00 bits per heavy atom. The molecule has 0 aliphatic heterocycles. The normalized spacial score (nSPS) is 11.8. The van der Waals surface area contributed by atoms with Crippen molar-refractivity contribution in [3.8, 4) is 17.1 Å². The van der Waals surface area contributed by atoms with E-state index in [1.807, 2.05) is 61.5 Å². The maximum atomic E-state index is 12.2. The van der Waals surface area contributed by atoms with Gasteiger partial charge in [-0.1, -0.05) is 42.5 Å². The smallest absolute Gasteiger partial charge is 0.220 e. The lowest BCUT2D eigenvalue weighted by Gasteiger charge is -2.13. The van der Waals surface area contributed by atoms with E-state index in [-0.39, 0.29) is 11.9 Å². The Labute approximate surface area is 153 Å². The van der Waals surface area contributed by atoms with Gasteiger partial charge in [-0.2, -0.15) is 0 Å². The minimum absolute atomic E-state index is 0.0255. The van der Waals surface area contributed by atoms with Crippen LogP contribution in [-0.4, -0.2) is 18.0 Å². The van der Waals surface area contributed by atoms with E-state index in [1.54, 1.807) is 13.3 Å². The molecule has 3 aromatic rings. The van der Waals surface area contributed by atoms with Crippen LogP contribution in [0.4, 0.5) is 0 Å². The number of nitrogens with one attached hydrogen (secondary N) is 1. The van der Waals surface area contributed by atoms with Crippen molar-refractivity contribution < 1.29 is 13.9 Å². The number of rotatable bonds is 7. The average Bonchev–Trinajstić information content (AvgIpc) is 3.16. The number of nitrogens with zero attached hydrogens (tertiary/aromatic N) is 1. The highest BCUT2D eigenvalue weighted by Crippen LogP contribution is 2.24. The van der Waals surface area contributed by atoms with Crippen molar-refractivity contribution in [1.82, 2.24) is 10.3 Å². The molecule has 0 aliphatic rings. The van der Waals surface area contributed by atoms with Gasteiger partial charge in [0, 0.05) is 18.4 Å². The number of ether oxygens (including phenoxy) is 1. The van der Waals surface area contributed by atoms with Crippen molar-refractivity contribution in [1.29, 1.82) is 0 Å². The van der Waals surface area contributed by atoms with Gasteiger partial charge in [0.05, 0.1) is 19.3 Å². The van der Waals surface area contributed by atoms with Crippen molar-refractivity contribution in [2.75, 3.05) is 7.11 Å². The van der Waals surface area contributed by atoms with Gasteiger partial charge in [0.1, 0.15) is 5.75 Å². The van der Waals surface area contributed by atoms with Gasteiger partial charge < -0.3 is 14.5 Å². The minimum atomic E-state index is -0.0272. The summed E-state index contributed by atoms with van der Waals surface area (Å²) in [5, 5.41) is 3.00. The monoisotopic (exact) mass is 350 g/mol. The van der Waals surface area contributed by atoms with E-state index in [0.717, 1.165) is 16.9 Å². The number of hydrogen-bond acceptors (Lipinski definition) is 4. The molecule has 0 spiro atoms. The van der Waals surface area contributed by atoms with Crippen LogP contribution in [0.1, 0.15) is 30.8 Å². The molecule has 0 bridgehead atoms. The topological polar surface area (TPSA) is 64.4 Å². The first kappa shape index (κ1) is 17.7. The molecule has 26 heavy (non-hydrogen) atoms.